The van der Waals surface area contributed by atoms with Crippen LogP contribution >= 0.6 is 0 Å². The molecule has 5 heteroatoms. The fourth-order valence-electron chi connectivity index (χ4n) is 2.29. The van der Waals surface area contributed by atoms with Crippen LogP contribution in [-0.2, 0) is 4.74 Å². The minimum atomic E-state index is -0.135. The summed E-state index contributed by atoms with van der Waals surface area (Å²) in [6.07, 6.45) is 2.18. The average molecular weight is 304 g/mol. The molecule has 1 saturated heterocycles. The first-order valence-electron chi connectivity index (χ1n) is 7.84. The van der Waals surface area contributed by atoms with Crippen LogP contribution in [-0.4, -0.2) is 37.6 Å². The van der Waals surface area contributed by atoms with Crippen LogP contribution in [0.15, 0.2) is 24.3 Å². The van der Waals surface area contributed by atoms with Gasteiger partial charge in [-0.1, -0.05) is 13.8 Å². The van der Waals surface area contributed by atoms with Gasteiger partial charge in [0.15, 0.2) is 0 Å². The van der Waals surface area contributed by atoms with Crippen LogP contribution in [0.4, 0.5) is 0 Å². The fourth-order valence-corrected chi connectivity index (χ4v) is 2.29. The molecule has 0 aromatic heterocycles. The van der Waals surface area contributed by atoms with Crippen molar-refractivity contribution < 1.29 is 14.3 Å². The first-order chi connectivity index (χ1) is 10.6. The molecule has 1 aliphatic heterocycles. The van der Waals surface area contributed by atoms with E-state index in [-0.39, 0.29) is 17.9 Å². The number of carbonyl (C=O) groups excluding carboxylic acids is 2. The molecule has 2 amide bonds. The van der Waals surface area contributed by atoms with Gasteiger partial charge < -0.3 is 15.4 Å². The summed E-state index contributed by atoms with van der Waals surface area (Å²) in [7, 11) is 0. The first kappa shape index (κ1) is 16.5. The van der Waals surface area contributed by atoms with E-state index in [4.69, 9.17) is 4.74 Å². The average Bonchev–Trinajstić information content (AvgIpc) is 3.03. The highest BCUT2D eigenvalue weighted by molar-refractivity contribution is 5.97. The molecule has 1 aliphatic rings. The fraction of sp³-hybridized carbons (Fsp3) is 0.529. The summed E-state index contributed by atoms with van der Waals surface area (Å²) >= 11 is 0. The Bertz CT molecular complexity index is 505. The predicted octanol–water partition coefficient (Wildman–Crippen LogP) is 1.98. The Balaban J connectivity index is 1.84. The van der Waals surface area contributed by atoms with Crippen LogP contribution in [0.3, 0.4) is 0 Å². The van der Waals surface area contributed by atoms with Gasteiger partial charge in [-0.15, -0.1) is 0 Å². The second-order valence-electron chi connectivity index (χ2n) is 6.03. The summed E-state index contributed by atoms with van der Waals surface area (Å²) in [6, 6.07) is 6.71. The normalized spacial score (nSPS) is 17.5. The molecule has 1 aromatic rings. The second kappa shape index (κ2) is 7.94. The third-order valence-corrected chi connectivity index (χ3v) is 3.59. The predicted molar refractivity (Wildman–Crippen MR) is 84.9 cm³/mol. The van der Waals surface area contributed by atoms with Crippen molar-refractivity contribution >= 4 is 11.8 Å². The Hall–Kier alpha value is -1.88. The second-order valence-corrected chi connectivity index (χ2v) is 6.03. The van der Waals surface area contributed by atoms with Crippen molar-refractivity contribution in [3.05, 3.63) is 35.4 Å². The minimum absolute atomic E-state index is 0.111. The van der Waals surface area contributed by atoms with Crippen LogP contribution in [0.25, 0.3) is 0 Å². The summed E-state index contributed by atoms with van der Waals surface area (Å²) < 4.78 is 5.47. The van der Waals surface area contributed by atoms with Gasteiger partial charge in [0.1, 0.15) is 0 Å². The molecule has 120 valence electrons. The van der Waals surface area contributed by atoms with Crippen LogP contribution in [0.1, 0.15) is 47.4 Å². The van der Waals surface area contributed by atoms with Gasteiger partial charge in [-0.05, 0) is 43.0 Å². The first-order valence-corrected chi connectivity index (χ1v) is 7.84. The standard InChI is InChI=1S/C17H24N2O3/c1-12(2)10-18-16(20)13-5-7-14(8-6-13)17(21)19-11-15-4-3-9-22-15/h5-8,12,15H,3-4,9-11H2,1-2H3,(H,18,20)(H,19,21). The molecule has 1 fully saturated rings. The zero-order valence-electron chi connectivity index (χ0n) is 13.2. The molecule has 2 rings (SSSR count). The van der Waals surface area contributed by atoms with Crippen molar-refractivity contribution in [3.8, 4) is 0 Å². The van der Waals surface area contributed by atoms with Gasteiger partial charge in [0.05, 0.1) is 6.10 Å². The lowest BCUT2D eigenvalue weighted by Gasteiger charge is -2.11. The van der Waals surface area contributed by atoms with Crippen LogP contribution in [0.5, 0.6) is 0 Å². The summed E-state index contributed by atoms with van der Waals surface area (Å²) in [5, 5.41) is 5.72. The molecule has 0 saturated carbocycles. The third kappa shape index (κ3) is 4.84. The quantitative estimate of drug-likeness (QED) is 0.844. The molecular weight excluding hydrogens is 280 g/mol. The number of hydrogen-bond acceptors (Lipinski definition) is 3. The zero-order chi connectivity index (χ0) is 15.9. The molecule has 0 radical (unpaired) electrons. The van der Waals surface area contributed by atoms with Gasteiger partial charge in [0.25, 0.3) is 11.8 Å². The lowest BCUT2D eigenvalue weighted by molar-refractivity contribution is 0.0857. The lowest BCUT2D eigenvalue weighted by Crippen LogP contribution is -2.31. The van der Waals surface area contributed by atoms with Crippen molar-refractivity contribution in [2.45, 2.75) is 32.8 Å². The van der Waals surface area contributed by atoms with Crippen LogP contribution < -0.4 is 10.6 Å². The maximum Gasteiger partial charge on any atom is 0.251 e. The number of benzene rings is 1. The van der Waals surface area contributed by atoms with E-state index < -0.39 is 0 Å². The highest BCUT2D eigenvalue weighted by Gasteiger charge is 2.16. The van der Waals surface area contributed by atoms with E-state index in [2.05, 4.69) is 10.6 Å². The topological polar surface area (TPSA) is 67.4 Å². The van der Waals surface area contributed by atoms with Gasteiger partial charge in [-0.2, -0.15) is 0 Å². The van der Waals surface area contributed by atoms with Gasteiger partial charge in [0.2, 0.25) is 0 Å². The number of ether oxygens (including phenoxy) is 1. The molecular formula is C17H24N2O3. The molecule has 0 spiro atoms. The van der Waals surface area contributed by atoms with Gasteiger partial charge >= 0.3 is 0 Å². The maximum absolute atomic E-state index is 12.0. The Labute approximate surface area is 131 Å². The minimum Gasteiger partial charge on any atom is -0.376 e. The molecule has 2 N–H and O–H groups in total. The van der Waals surface area contributed by atoms with Crippen molar-refractivity contribution in [3.63, 3.8) is 0 Å². The number of rotatable bonds is 6. The molecule has 1 aromatic carbocycles. The van der Waals surface area contributed by atoms with Gasteiger partial charge in [-0.25, -0.2) is 0 Å². The molecule has 1 unspecified atom stereocenters. The lowest BCUT2D eigenvalue weighted by atomic mass is 10.1. The smallest absolute Gasteiger partial charge is 0.251 e. The highest BCUT2D eigenvalue weighted by atomic mass is 16.5. The van der Waals surface area contributed by atoms with Crippen LogP contribution in [0, 0.1) is 5.92 Å². The molecule has 0 bridgehead atoms. The summed E-state index contributed by atoms with van der Waals surface area (Å²) in [5.41, 5.74) is 1.12. The van der Waals surface area contributed by atoms with Crippen LogP contribution in [0.2, 0.25) is 0 Å². The van der Waals surface area contributed by atoms with E-state index in [1.165, 1.54) is 0 Å². The molecule has 1 atom stereocenters. The van der Waals surface area contributed by atoms with Crippen molar-refractivity contribution in [1.29, 1.82) is 0 Å². The Morgan fingerprint density at radius 3 is 2.23 bits per heavy atom. The Morgan fingerprint density at radius 2 is 1.73 bits per heavy atom. The number of carbonyl (C=O) groups is 2. The zero-order valence-corrected chi connectivity index (χ0v) is 13.2. The third-order valence-electron chi connectivity index (χ3n) is 3.59. The van der Waals surface area contributed by atoms with E-state index in [0.29, 0.717) is 30.1 Å². The van der Waals surface area contributed by atoms with Crippen molar-refractivity contribution in [2.24, 2.45) is 5.92 Å². The largest absolute Gasteiger partial charge is 0.376 e. The molecule has 5 nitrogen and oxygen atoms in total. The van der Waals surface area contributed by atoms with E-state index >= 15 is 0 Å². The number of hydrogen-bond donors (Lipinski definition) is 2. The summed E-state index contributed by atoms with van der Waals surface area (Å²) in [4.78, 5) is 23.9. The van der Waals surface area contributed by atoms with Crippen molar-refractivity contribution in [2.75, 3.05) is 19.7 Å². The van der Waals surface area contributed by atoms with E-state index in [1.807, 2.05) is 13.8 Å². The SMILES string of the molecule is CC(C)CNC(=O)c1ccc(C(=O)NCC2CCCO2)cc1. The molecule has 1 heterocycles. The summed E-state index contributed by atoms with van der Waals surface area (Å²) in [5.74, 6) is 0.163. The highest BCUT2D eigenvalue weighted by Crippen LogP contribution is 2.11. The summed E-state index contributed by atoms with van der Waals surface area (Å²) in [6.45, 7) is 6.04. The number of amides is 2. The molecule has 22 heavy (non-hydrogen) atoms. The van der Waals surface area contributed by atoms with Gasteiger partial charge in [0, 0.05) is 30.8 Å². The Kier molecular flexibility index (Phi) is 5.95. The molecule has 0 aliphatic carbocycles. The monoisotopic (exact) mass is 304 g/mol. The Morgan fingerprint density at radius 1 is 1.14 bits per heavy atom. The van der Waals surface area contributed by atoms with Gasteiger partial charge in [-0.3, -0.25) is 9.59 Å². The maximum atomic E-state index is 12.0. The van der Waals surface area contributed by atoms with E-state index in [1.54, 1.807) is 24.3 Å². The van der Waals surface area contributed by atoms with E-state index in [0.717, 1.165) is 19.4 Å². The van der Waals surface area contributed by atoms with Crippen molar-refractivity contribution in [1.82, 2.24) is 10.6 Å². The number of nitrogens with one attached hydrogen (secondary N) is 2. The van der Waals surface area contributed by atoms with E-state index in [9.17, 15) is 9.59 Å².